The summed E-state index contributed by atoms with van der Waals surface area (Å²) in [6.45, 7) is 6.94. The zero-order valence-corrected chi connectivity index (χ0v) is 12.8. The van der Waals surface area contributed by atoms with E-state index in [4.69, 9.17) is 9.47 Å². The molecule has 1 aliphatic heterocycles. The third kappa shape index (κ3) is 4.12. The van der Waals surface area contributed by atoms with Crippen molar-refractivity contribution in [2.45, 2.75) is 26.5 Å². The van der Waals surface area contributed by atoms with Crippen LogP contribution >= 0.6 is 0 Å². The van der Waals surface area contributed by atoms with Crippen LogP contribution in [0.3, 0.4) is 0 Å². The molecule has 1 aromatic heterocycles. The van der Waals surface area contributed by atoms with Crippen LogP contribution < -0.4 is 10.2 Å². The monoisotopic (exact) mass is 294 g/mol. The number of nitrogens with zero attached hydrogens (tertiary/aromatic N) is 3. The number of nitrogens with one attached hydrogen (secondary N) is 1. The number of hydrogen-bond donors (Lipinski definition) is 1. The van der Waals surface area contributed by atoms with Crippen LogP contribution in [0.4, 0.5) is 5.95 Å². The molecular formula is C14H22N4O3. The lowest BCUT2D eigenvalue weighted by molar-refractivity contribution is 0.0936. The fourth-order valence-corrected chi connectivity index (χ4v) is 2.10. The first-order chi connectivity index (χ1) is 10.1. The number of carbonyl (C=O) groups excluding carboxylic acids is 1. The third-order valence-corrected chi connectivity index (χ3v) is 3.09. The van der Waals surface area contributed by atoms with Gasteiger partial charge in [0.05, 0.1) is 31.1 Å². The minimum absolute atomic E-state index is 0.0619. The Labute approximate surface area is 124 Å². The maximum atomic E-state index is 12.2. The summed E-state index contributed by atoms with van der Waals surface area (Å²) in [6, 6.07) is 0.0619. The molecule has 2 rings (SSSR count). The van der Waals surface area contributed by atoms with Crippen molar-refractivity contribution >= 4 is 11.9 Å². The van der Waals surface area contributed by atoms with Crippen molar-refractivity contribution in [3.8, 4) is 0 Å². The zero-order valence-electron chi connectivity index (χ0n) is 12.8. The predicted molar refractivity (Wildman–Crippen MR) is 78.4 cm³/mol. The maximum Gasteiger partial charge on any atom is 0.254 e. The maximum absolute atomic E-state index is 12.2. The first-order valence-electron chi connectivity index (χ1n) is 7.10. The van der Waals surface area contributed by atoms with E-state index >= 15 is 0 Å². The largest absolute Gasteiger partial charge is 0.378 e. The van der Waals surface area contributed by atoms with E-state index in [-0.39, 0.29) is 18.6 Å². The molecule has 1 aliphatic rings. The molecule has 1 amide bonds. The molecule has 2 heterocycles. The van der Waals surface area contributed by atoms with Gasteiger partial charge in [0.25, 0.3) is 5.91 Å². The standard InChI is InChI=1S/C14H22N4O3/c1-10(2)16-13(19)11-8-15-14(17-12(11)9-20-3)18-4-6-21-7-5-18/h8,10H,4-7,9H2,1-3H3,(H,16,19). The van der Waals surface area contributed by atoms with Gasteiger partial charge < -0.3 is 19.7 Å². The van der Waals surface area contributed by atoms with Crippen LogP contribution in [0.1, 0.15) is 29.9 Å². The second-order valence-corrected chi connectivity index (χ2v) is 5.19. The molecule has 0 saturated carbocycles. The van der Waals surface area contributed by atoms with E-state index in [0.717, 1.165) is 13.1 Å². The Hall–Kier alpha value is -1.73. The SMILES string of the molecule is COCc1nc(N2CCOCC2)ncc1C(=O)NC(C)C. The lowest BCUT2D eigenvalue weighted by Crippen LogP contribution is -2.38. The molecule has 21 heavy (non-hydrogen) atoms. The molecular weight excluding hydrogens is 272 g/mol. The van der Waals surface area contributed by atoms with Gasteiger partial charge in [0, 0.05) is 32.4 Å². The van der Waals surface area contributed by atoms with E-state index < -0.39 is 0 Å². The number of rotatable bonds is 5. The molecule has 0 atom stereocenters. The average molecular weight is 294 g/mol. The van der Waals surface area contributed by atoms with Crippen LogP contribution in [0.2, 0.25) is 0 Å². The van der Waals surface area contributed by atoms with Gasteiger partial charge in [-0.1, -0.05) is 0 Å². The van der Waals surface area contributed by atoms with Crippen LogP contribution in [-0.4, -0.2) is 55.3 Å². The number of aromatic nitrogens is 2. The minimum atomic E-state index is -0.175. The van der Waals surface area contributed by atoms with Crippen molar-refractivity contribution in [3.05, 3.63) is 17.5 Å². The molecule has 0 aliphatic carbocycles. The summed E-state index contributed by atoms with van der Waals surface area (Å²) in [5.74, 6) is 0.442. The van der Waals surface area contributed by atoms with Gasteiger partial charge in [0.1, 0.15) is 0 Å². The molecule has 116 valence electrons. The van der Waals surface area contributed by atoms with Crippen LogP contribution in [0.25, 0.3) is 0 Å². The summed E-state index contributed by atoms with van der Waals surface area (Å²) < 4.78 is 10.5. The van der Waals surface area contributed by atoms with E-state index in [0.29, 0.717) is 30.4 Å². The van der Waals surface area contributed by atoms with Gasteiger partial charge in [0.2, 0.25) is 5.95 Å². The molecule has 1 fully saturated rings. The highest BCUT2D eigenvalue weighted by molar-refractivity contribution is 5.95. The summed E-state index contributed by atoms with van der Waals surface area (Å²) in [7, 11) is 1.58. The Morgan fingerprint density at radius 1 is 1.48 bits per heavy atom. The lowest BCUT2D eigenvalue weighted by Gasteiger charge is -2.27. The number of ether oxygens (including phenoxy) is 2. The Morgan fingerprint density at radius 2 is 2.19 bits per heavy atom. The number of morpholine rings is 1. The highest BCUT2D eigenvalue weighted by atomic mass is 16.5. The first kappa shape index (κ1) is 15.7. The van der Waals surface area contributed by atoms with Gasteiger partial charge in [-0.3, -0.25) is 4.79 Å². The quantitative estimate of drug-likeness (QED) is 0.857. The van der Waals surface area contributed by atoms with Crippen LogP contribution in [0.15, 0.2) is 6.20 Å². The molecule has 1 aromatic rings. The first-order valence-corrected chi connectivity index (χ1v) is 7.10. The number of carbonyl (C=O) groups is 1. The van der Waals surface area contributed by atoms with E-state index in [2.05, 4.69) is 15.3 Å². The molecule has 7 nitrogen and oxygen atoms in total. The van der Waals surface area contributed by atoms with E-state index in [9.17, 15) is 4.79 Å². The summed E-state index contributed by atoms with van der Waals surface area (Å²) in [5, 5.41) is 2.85. The number of amides is 1. The molecule has 1 saturated heterocycles. The lowest BCUT2D eigenvalue weighted by atomic mass is 10.2. The fraction of sp³-hybridized carbons (Fsp3) is 0.643. The number of anilines is 1. The van der Waals surface area contributed by atoms with Gasteiger partial charge in [-0.15, -0.1) is 0 Å². The minimum Gasteiger partial charge on any atom is -0.378 e. The second-order valence-electron chi connectivity index (χ2n) is 5.19. The van der Waals surface area contributed by atoms with Crippen LogP contribution in [0, 0.1) is 0 Å². The Balaban J connectivity index is 2.23. The van der Waals surface area contributed by atoms with Crippen molar-refractivity contribution < 1.29 is 14.3 Å². The van der Waals surface area contributed by atoms with Crippen molar-refractivity contribution in [1.29, 1.82) is 0 Å². The number of methoxy groups -OCH3 is 1. The zero-order chi connectivity index (χ0) is 15.2. The van der Waals surface area contributed by atoms with Gasteiger partial charge in [-0.05, 0) is 13.8 Å². The van der Waals surface area contributed by atoms with E-state index in [1.54, 1.807) is 13.3 Å². The van der Waals surface area contributed by atoms with Crippen LogP contribution in [0.5, 0.6) is 0 Å². The molecule has 1 N–H and O–H groups in total. The van der Waals surface area contributed by atoms with Crippen molar-refractivity contribution in [1.82, 2.24) is 15.3 Å². The molecule has 0 bridgehead atoms. The van der Waals surface area contributed by atoms with E-state index in [1.165, 1.54) is 0 Å². The highest BCUT2D eigenvalue weighted by Gasteiger charge is 2.19. The smallest absolute Gasteiger partial charge is 0.254 e. The normalized spacial score (nSPS) is 15.3. The van der Waals surface area contributed by atoms with Gasteiger partial charge in [-0.2, -0.15) is 0 Å². The fourth-order valence-electron chi connectivity index (χ4n) is 2.10. The van der Waals surface area contributed by atoms with Crippen molar-refractivity contribution in [2.24, 2.45) is 0 Å². The Bertz CT molecular complexity index is 487. The molecule has 0 unspecified atom stereocenters. The topological polar surface area (TPSA) is 76.6 Å². The molecule has 0 aromatic carbocycles. The van der Waals surface area contributed by atoms with Crippen molar-refractivity contribution in [3.63, 3.8) is 0 Å². The Kier molecular flexibility index (Phi) is 5.46. The average Bonchev–Trinajstić information content (AvgIpc) is 2.47. The Morgan fingerprint density at radius 3 is 2.81 bits per heavy atom. The summed E-state index contributed by atoms with van der Waals surface area (Å²) >= 11 is 0. The number of hydrogen-bond acceptors (Lipinski definition) is 6. The molecule has 0 radical (unpaired) electrons. The van der Waals surface area contributed by atoms with Gasteiger partial charge in [0.15, 0.2) is 0 Å². The third-order valence-electron chi connectivity index (χ3n) is 3.09. The second kappa shape index (κ2) is 7.33. The summed E-state index contributed by atoms with van der Waals surface area (Å²) in [6.07, 6.45) is 1.57. The van der Waals surface area contributed by atoms with Crippen molar-refractivity contribution in [2.75, 3.05) is 38.3 Å². The van der Waals surface area contributed by atoms with E-state index in [1.807, 2.05) is 18.7 Å². The predicted octanol–water partition coefficient (Wildman–Crippen LogP) is 0.598. The molecule has 7 heteroatoms. The van der Waals surface area contributed by atoms with Gasteiger partial charge in [-0.25, -0.2) is 9.97 Å². The molecule has 0 spiro atoms. The summed E-state index contributed by atoms with van der Waals surface area (Å²) in [5.41, 5.74) is 1.06. The highest BCUT2D eigenvalue weighted by Crippen LogP contribution is 2.14. The van der Waals surface area contributed by atoms with Crippen LogP contribution in [-0.2, 0) is 16.1 Å². The summed E-state index contributed by atoms with van der Waals surface area (Å²) in [4.78, 5) is 23.0. The van der Waals surface area contributed by atoms with Gasteiger partial charge >= 0.3 is 0 Å².